The zero-order chi connectivity index (χ0) is 6.36. The quantitative estimate of drug-likeness (QED) is 0.410. The molecule has 3 atom stereocenters. The minimum Gasteiger partial charge on any atom is -0.297 e. The molecule has 0 radical (unpaired) electrons. The molecular formula is C6H13NS. The molecule has 1 heterocycles. The van der Waals surface area contributed by atoms with Crippen molar-refractivity contribution < 1.29 is 0 Å². The smallest absolute Gasteiger partial charge is 0.0419 e. The molecule has 8 heavy (non-hydrogen) atoms. The summed E-state index contributed by atoms with van der Waals surface area (Å²) < 4.78 is 0. The van der Waals surface area contributed by atoms with E-state index in [9.17, 15) is 0 Å². The summed E-state index contributed by atoms with van der Waals surface area (Å²) in [4.78, 5) is 2.31. The van der Waals surface area contributed by atoms with E-state index in [0.717, 1.165) is 0 Å². The molecule has 0 N–H and O–H groups in total. The van der Waals surface area contributed by atoms with Crippen molar-refractivity contribution in [1.29, 1.82) is 0 Å². The van der Waals surface area contributed by atoms with Crippen LogP contribution in [0.3, 0.4) is 0 Å². The molecule has 0 bridgehead atoms. The molecule has 2 heteroatoms. The standard InChI is InChI=1S/C6H13NS/c1-5(8)6(2)4-7(6)3/h5,8H,4H2,1-3H3. The van der Waals surface area contributed by atoms with E-state index >= 15 is 0 Å². The van der Waals surface area contributed by atoms with Crippen molar-refractivity contribution in [3.05, 3.63) is 0 Å². The Morgan fingerprint density at radius 3 is 2.12 bits per heavy atom. The molecule has 0 spiro atoms. The van der Waals surface area contributed by atoms with Crippen LogP contribution in [0.15, 0.2) is 0 Å². The van der Waals surface area contributed by atoms with Crippen molar-refractivity contribution in [3.8, 4) is 0 Å². The van der Waals surface area contributed by atoms with Crippen LogP contribution in [-0.2, 0) is 0 Å². The fraction of sp³-hybridized carbons (Fsp3) is 1.00. The monoisotopic (exact) mass is 131 g/mol. The zero-order valence-corrected chi connectivity index (χ0v) is 6.57. The van der Waals surface area contributed by atoms with Gasteiger partial charge >= 0.3 is 0 Å². The summed E-state index contributed by atoms with van der Waals surface area (Å²) in [5.74, 6) is 0. The molecule has 1 fully saturated rings. The molecule has 1 saturated heterocycles. The van der Waals surface area contributed by atoms with Gasteiger partial charge in [-0.05, 0) is 14.0 Å². The number of rotatable bonds is 1. The van der Waals surface area contributed by atoms with Crippen molar-refractivity contribution in [2.45, 2.75) is 24.6 Å². The number of thiol groups is 1. The highest BCUT2D eigenvalue weighted by molar-refractivity contribution is 7.81. The maximum atomic E-state index is 4.36. The third-order valence-corrected chi connectivity index (χ3v) is 2.78. The molecule has 3 unspecified atom stereocenters. The molecule has 1 nitrogen and oxygen atoms in total. The van der Waals surface area contributed by atoms with E-state index in [1.165, 1.54) is 6.54 Å². The van der Waals surface area contributed by atoms with E-state index in [0.29, 0.717) is 10.8 Å². The molecular weight excluding hydrogens is 118 g/mol. The van der Waals surface area contributed by atoms with Crippen LogP contribution in [0.4, 0.5) is 0 Å². The topological polar surface area (TPSA) is 3.01 Å². The van der Waals surface area contributed by atoms with Crippen molar-refractivity contribution in [2.24, 2.45) is 0 Å². The average Bonchev–Trinajstić information content (AvgIpc) is 2.17. The van der Waals surface area contributed by atoms with E-state index in [1.807, 2.05) is 0 Å². The lowest BCUT2D eigenvalue weighted by Gasteiger charge is -2.11. The van der Waals surface area contributed by atoms with Gasteiger partial charge in [-0.25, -0.2) is 0 Å². The van der Waals surface area contributed by atoms with Crippen LogP contribution in [0.1, 0.15) is 13.8 Å². The molecule has 1 aliphatic rings. The first kappa shape index (κ1) is 6.43. The second-order valence-corrected chi connectivity index (χ2v) is 3.66. The third kappa shape index (κ3) is 0.759. The van der Waals surface area contributed by atoms with Gasteiger partial charge in [0.1, 0.15) is 0 Å². The fourth-order valence-electron chi connectivity index (χ4n) is 0.896. The lowest BCUT2D eigenvalue weighted by molar-refractivity contribution is 0.494. The Kier molecular flexibility index (Phi) is 1.32. The number of nitrogens with zero attached hydrogens (tertiary/aromatic N) is 1. The van der Waals surface area contributed by atoms with Gasteiger partial charge in [-0.2, -0.15) is 12.6 Å². The van der Waals surface area contributed by atoms with Crippen molar-refractivity contribution in [2.75, 3.05) is 13.6 Å². The maximum absolute atomic E-state index is 4.36. The number of hydrogen-bond donors (Lipinski definition) is 1. The SMILES string of the molecule is CC(S)C1(C)CN1C. The molecule has 0 aromatic rings. The fourth-order valence-corrected chi connectivity index (χ4v) is 1.17. The van der Waals surface area contributed by atoms with Crippen LogP contribution < -0.4 is 0 Å². The Labute approximate surface area is 56.5 Å². The number of hydrogen-bond acceptors (Lipinski definition) is 2. The molecule has 1 aliphatic heterocycles. The van der Waals surface area contributed by atoms with Crippen LogP contribution in [0, 0.1) is 0 Å². The average molecular weight is 131 g/mol. The Bertz CT molecular complexity index is 103. The van der Waals surface area contributed by atoms with Gasteiger partial charge in [-0.15, -0.1) is 0 Å². The van der Waals surface area contributed by atoms with Gasteiger partial charge in [-0.3, -0.25) is 4.90 Å². The molecule has 1 rings (SSSR count). The van der Waals surface area contributed by atoms with Crippen LogP contribution in [-0.4, -0.2) is 29.3 Å². The zero-order valence-electron chi connectivity index (χ0n) is 5.68. The molecule has 0 aromatic heterocycles. The Balaban J connectivity index is 2.47. The maximum Gasteiger partial charge on any atom is 0.0419 e. The largest absolute Gasteiger partial charge is 0.297 e. The summed E-state index contributed by atoms with van der Waals surface area (Å²) in [5.41, 5.74) is 0.406. The highest BCUT2D eigenvalue weighted by atomic mass is 32.1. The van der Waals surface area contributed by atoms with E-state index in [4.69, 9.17) is 0 Å². The second-order valence-electron chi connectivity index (χ2n) is 2.89. The summed E-state index contributed by atoms with van der Waals surface area (Å²) in [7, 11) is 2.13. The van der Waals surface area contributed by atoms with Gasteiger partial charge < -0.3 is 0 Å². The van der Waals surface area contributed by atoms with Crippen LogP contribution in [0.2, 0.25) is 0 Å². The van der Waals surface area contributed by atoms with Crippen molar-refractivity contribution >= 4 is 12.6 Å². The number of likely N-dealkylation sites (N-methyl/N-ethyl adjacent to an activating group) is 1. The summed E-state index contributed by atoms with van der Waals surface area (Å²) in [6.45, 7) is 5.59. The van der Waals surface area contributed by atoms with Gasteiger partial charge in [0.05, 0.1) is 0 Å². The molecule has 0 aliphatic carbocycles. The van der Waals surface area contributed by atoms with Crippen LogP contribution in [0.5, 0.6) is 0 Å². The van der Waals surface area contributed by atoms with Crippen LogP contribution >= 0.6 is 12.6 Å². The van der Waals surface area contributed by atoms with Gasteiger partial charge in [0.2, 0.25) is 0 Å². The normalized spacial score (nSPS) is 48.8. The summed E-state index contributed by atoms with van der Waals surface area (Å²) >= 11 is 4.36. The van der Waals surface area contributed by atoms with Gasteiger partial charge in [0, 0.05) is 17.3 Å². The Morgan fingerprint density at radius 2 is 2.12 bits per heavy atom. The van der Waals surface area contributed by atoms with Crippen molar-refractivity contribution in [3.63, 3.8) is 0 Å². The minimum absolute atomic E-state index is 0.406. The summed E-state index contributed by atoms with van der Waals surface area (Å²) in [5, 5.41) is 0.507. The van der Waals surface area contributed by atoms with E-state index in [1.54, 1.807) is 0 Å². The van der Waals surface area contributed by atoms with Gasteiger partial charge in [-0.1, -0.05) is 6.92 Å². The first-order chi connectivity index (χ1) is 3.57. The predicted octanol–water partition coefficient (Wildman–Crippen LogP) is 1.01. The lowest BCUT2D eigenvalue weighted by atomic mass is 10.1. The summed E-state index contributed by atoms with van der Waals surface area (Å²) in [6, 6.07) is 0. The molecule has 0 amide bonds. The second kappa shape index (κ2) is 1.64. The molecule has 0 aromatic carbocycles. The highest BCUT2D eigenvalue weighted by Gasteiger charge is 2.47. The van der Waals surface area contributed by atoms with Crippen LogP contribution in [0.25, 0.3) is 0 Å². The van der Waals surface area contributed by atoms with E-state index in [-0.39, 0.29) is 0 Å². The third-order valence-electron chi connectivity index (χ3n) is 2.23. The molecule has 48 valence electrons. The first-order valence-electron chi connectivity index (χ1n) is 2.96. The van der Waals surface area contributed by atoms with Gasteiger partial charge in [0.15, 0.2) is 0 Å². The van der Waals surface area contributed by atoms with E-state index in [2.05, 4.69) is 38.4 Å². The van der Waals surface area contributed by atoms with Gasteiger partial charge in [0.25, 0.3) is 0 Å². The lowest BCUT2D eigenvalue weighted by Crippen LogP contribution is -2.21. The Morgan fingerprint density at radius 1 is 1.75 bits per heavy atom. The first-order valence-corrected chi connectivity index (χ1v) is 3.48. The highest BCUT2D eigenvalue weighted by Crippen LogP contribution is 2.35. The predicted molar refractivity (Wildman–Crippen MR) is 39.5 cm³/mol. The van der Waals surface area contributed by atoms with E-state index < -0.39 is 0 Å². The van der Waals surface area contributed by atoms with Crippen molar-refractivity contribution in [1.82, 2.24) is 4.90 Å². The Hall–Kier alpha value is 0.310. The summed E-state index contributed by atoms with van der Waals surface area (Å²) in [6.07, 6.45) is 0. The molecule has 0 saturated carbocycles. The minimum atomic E-state index is 0.406.